The second kappa shape index (κ2) is 12.5. The first kappa shape index (κ1) is 24.1. The zero-order valence-corrected chi connectivity index (χ0v) is 18.3. The van der Waals surface area contributed by atoms with Crippen LogP contribution in [0, 0.1) is 12.3 Å². The van der Waals surface area contributed by atoms with Crippen LogP contribution in [-0.4, -0.2) is 35.0 Å². The number of benzene rings is 1. The van der Waals surface area contributed by atoms with Gasteiger partial charge in [-0.3, -0.25) is 15.2 Å². The largest absolute Gasteiger partial charge is 0.506 e. The van der Waals surface area contributed by atoms with Crippen LogP contribution in [0.4, 0.5) is 5.69 Å². The van der Waals surface area contributed by atoms with E-state index in [2.05, 4.69) is 15.6 Å². The molecule has 0 fully saturated rings. The topological polar surface area (TPSA) is 133 Å². The van der Waals surface area contributed by atoms with Crippen molar-refractivity contribution in [2.75, 3.05) is 18.5 Å². The number of aromatic nitrogens is 1. The molecule has 168 valence electrons. The Morgan fingerprint density at radius 3 is 2.61 bits per heavy atom. The highest BCUT2D eigenvalue weighted by Gasteiger charge is 2.12. The molecule has 0 aliphatic heterocycles. The highest BCUT2D eigenvalue weighted by Crippen LogP contribution is 2.24. The molecule has 8 nitrogen and oxygen atoms in total. The number of nitrogens with two attached hydrogens (primary N) is 1. The fourth-order valence-corrected chi connectivity index (χ4v) is 3.14. The van der Waals surface area contributed by atoms with E-state index in [0.717, 1.165) is 42.6 Å². The molecule has 1 aromatic heterocycles. The number of carbonyl (C=O) groups excluding carboxylic acids is 1. The molecule has 1 aromatic carbocycles. The first-order chi connectivity index (χ1) is 14.9. The molecule has 31 heavy (non-hydrogen) atoms. The van der Waals surface area contributed by atoms with Crippen LogP contribution < -0.4 is 16.4 Å². The van der Waals surface area contributed by atoms with Crippen molar-refractivity contribution < 1.29 is 14.6 Å². The summed E-state index contributed by atoms with van der Waals surface area (Å²) in [6.45, 7) is 5.86. The molecule has 0 saturated heterocycles. The molecular weight excluding hydrogens is 394 g/mol. The van der Waals surface area contributed by atoms with Gasteiger partial charge in [-0.15, -0.1) is 0 Å². The van der Waals surface area contributed by atoms with Gasteiger partial charge in [0.15, 0.2) is 0 Å². The van der Waals surface area contributed by atoms with Gasteiger partial charge in [0.2, 0.25) is 0 Å². The van der Waals surface area contributed by atoms with E-state index in [1.54, 1.807) is 25.3 Å². The van der Waals surface area contributed by atoms with Crippen molar-refractivity contribution >= 4 is 17.5 Å². The molecule has 2 rings (SSSR count). The first-order valence-electron chi connectivity index (χ1n) is 10.6. The summed E-state index contributed by atoms with van der Waals surface area (Å²) in [5.41, 5.74) is 9.39. The number of pyridine rings is 1. The minimum Gasteiger partial charge on any atom is -0.506 e. The van der Waals surface area contributed by atoms with Crippen molar-refractivity contribution in [3.63, 3.8) is 0 Å². The third-order valence-electron chi connectivity index (χ3n) is 4.95. The van der Waals surface area contributed by atoms with Crippen molar-refractivity contribution in [3.05, 3.63) is 52.8 Å². The monoisotopic (exact) mass is 427 g/mol. The SMILES string of the molecule is CCOC(=O)CCCCCNCc1c(CNc2ccc(C(=N)N)cc2)cnc(C)c1O. The third kappa shape index (κ3) is 7.90. The molecule has 0 atom stereocenters. The number of nitrogens with one attached hydrogen (secondary N) is 3. The normalized spacial score (nSPS) is 10.6. The van der Waals surface area contributed by atoms with E-state index in [0.29, 0.717) is 37.4 Å². The lowest BCUT2D eigenvalue weighted by Crippen LogP contribution is -2.17. The zero-order valence-electron chi connectivity index (χ0n) is 18.3. The average Bonchev–Trinajstić information content (AvgIpc) is 2.75. The molecule has 0 aliphatic carbocycles. The summed E-state index contributed by atoms with van der Waals surface area (Å²) in [4.78, 5) is 15.6. The second-order valence-corrected chi connectivity index (χ2v) is 7.33. The second-order valence-electron chi connectivity index (χ2n) is 7.33. The summed E-state index contributed by atoms with van der Waals surface area (Å²) in [6, 6.07) is 7.32. The minimum absolute atomic E-state index is 0.0356. The van der Waals surface area contributed by atoms with E-state index < -0.39 is 0 Å². The van der Waals surface area contributed by atoms with Crippen LogP contribution in [0.2, 0.25) is 0 Å². The van der Waals surface area contributed by atoms with Gasteiger partial charge in [-0.2, -0.15) is 0 Å². The van der Waals surface area contributed by atoms with Gasteiger partial charge in [-0.1, -0.05) is 6.42 Å². The Morgan fingerprint density at radius 2 is 1.94 bits per heavy atom. The van der Waals surface area contributed by atoms with Gasteiger partial charge in [-0.05, 0) is 63.1 Å². The number of nitrogens with zero attached hydrogens (tertiary/aromatic N) is 1. The van der Waals surface area contributed by atoms with Crippen LogP contribution in [0.5, 0.6) is 5.75 Å². The maximum atomic E-state index is 11.3. The summed E-state index contributed by atoms with van der Waals surface area (Å²) in [5, 5.41) is 24.7. The Kier molecular flexibility index (Phi) is 9.77. The van der Waals surface area contributed by atoms with Crippen molar-refractivity contribution in [2.24, 2.45) is 5.73 Å². The smallest absolute Gasteiger partial charge is 0.305 e. The van der Waals surface area contributed by atoms with Gasteiger partial charge in [0.1, 0.15) is 11.6 Å². The molecule has 6 N–H and O–H groups in total. The molecular formula is C23H33N5O3. The van der Waals surface area contributed by atoms with E-state index in [9.17, 15) is 9.90 Å². The molecule has 0 spiro atoms. The van der Waals surface area contributed by atoms with Gasteiger partial charge in [0.05, 0.1) is 12.3 Å². The maximum absolute atomic E-state index is 11.3. The van der Waals surface area contributed by atoms with E-state index in [1.807, 2.05) is 19.1 Å². The number of aromatic hydroxyl groups is 1. The number of hydrogen-bond acceptors (Lipinski definition) is 7. The quantitative estimate of drug-likeness (QED) is 0.143. The zero-order chi connectivity index (χ0) is 22.6. The summed E-state index contributed by atoms with van der Waals surface area (Å²) in [5.74, 6) is 0.107. The number of ether oxygens (including phenoxy) is 1. The van der Waals surface area contributed by atoms with Gasteiger partial charge in [0.25, 0.3) is 0 Å². The van der Waals surface area contributed by atoms with Crippen molar-refractivity contribution in [2.45, 2.75) is 52.6 Å². The van der Waals surface area contributed by atoms with Crippen molar-refractivity contribution in [3.8, 4) is 5.75 Å². The first-order valence-corrected chi connectivity index (χ1v) is 10.6. The number of hydrogen-bond donors (Lipinski definition) is 5. The number of amidine groups is 1. The van der Waals surface area contributed by atoms with Gasteiger partial charge >= 0.3 is 5.97 Å². The molecule has 0 radical (unpaired) electrons. The van der Waals surface area contributed by atoms with Crippen LogP contribution in [0.25, 0.3) is 0 Å². The predicted octanol–water partition coefficient (Wildman–Crippen LogP) is 3.20. The van der Waals surface area contributed by atoms with Crippen molar-refractivity contribution in [1.82, 2.24) is 10.3 Å². The number of anilines is 1. The molecule has 2 aromatic rings. The third-order valence-corrected chi connectivity index (χ3v) is 4.95. The lowest BCUT2D eigenvalue weighted by atomic mass is 10.1. The molecule has 8 heteroatoms. The van der Waals surface area contributed by atoms with Crippen LogP contribution in [-0.2, 0) is 22.6 Å². The van der Waals surface area contributed by atoms with Gasteiger partial charge < -0.3 is 26.2 Å². The Bertz CT molecular complexity index is 868. The summed E-state index contributed by atoms with van der Waals surface area (Å²) in [6.07, 6.45) is 4.94. The predicted molar refractivity (Wildman–Crippen MR) is 122 cm³/mol. The van der Waals surface area contributed by atoms with Crippen molar-refractivity contribution in [1.29, 1.82) is 5.41 Å². The molecule has 0 aliphatic rings. The lowest BCUT2D eigenvalue weighted by molar-refractivity contribution is -0.143. The summed E-state index contributed by atoms with van der Waals surface area (Å²) >= 11 is 0. The Balaban J connectivity index is 1.85. The Morgan fingerprint density at radius 1 is 1.19 bits per heavy atom. The number of esters is 1. The standard InChI is InChI=1S/C23H33N5O3/c1-3-31-21(29)7-5-4-6-12-26-15-20-18(13-27-16(2)22(20)30)14-28-19-10-8-17(9-11-19)23(24)25/h8-11,13,26,28,30H,3-7,12,14-15H2,1-2H3,(H3,24,25). The van der Waals surface area contributed by atoms with Crippen LogP contribution in [0.15, 0.2) is 30.5 Å². The molecule has 1 heterocycles. The summed E-state index contributed by atoms with van der Waals surface area (Å²) in [7, 11) is 0. The molecule has 0 saturated carbocycles. The number of rotatable bonds is 13. The molecule has 0 bridgehead atoms. The number of aryl methyl sites for hydroxylation is 1. The van der Waals surface area contributed by atoms with E-state index in [-0.39, 0.29) is 17.6 Å². The van der Waals surface area contributed by atoms with Gasteiger partial charge in [0, 0.05) is 42.5 Å². The fourth-order valence-electron chi connectivity index (χ4n) is 3.14. The van der Waals surface area contributed by atoms with Crippen LogP contribution >= 0.6 is 0 Å². The molecule has 0 unspecified atom stereocenters. The highest BCUT2D eigenvalue weighted by atomic mass is 16.5. The van der Waals surface area contributed by atoms with Crippen LogP contribution in [0.3, 0.4) is 0 Å². The maximum Gasteiger partial charge on any atom is 0.305 e. The Hall–Kier alpha value is -3.13. The van der Waals surface area contributed by atoms with E-state index in [4.69, 9.17) is 15.9 Å². The highest BCUT2D eigenvalue weighted by molar-refractivity contribution is 5.95. The fraction of sp³-hybridized carbons (Fsp3) is 0.435. The number of unbranched alkanes of at least 4 members (excludes halogenated alkanes) is 2. The summed E-state index contributed by atoms with van der Waals surface area (Å²) < 4.78 is 4.93. The minimum atomic E-state index is -0.138. The average molecular weight is 428 g/mol. The van der Waals surface area contributed by atoms with Gasteiger partial charge in [-0.25, -0.2) is 0 Å². The number of carbonyl (C=O) groups is 1. The van der Waals surface area contributed by atoms with Crippen LogP contribution in [0.1, 0.15) is 55.0 Å². The molecule has 0 amide bonds. The van der Waals surface area contributed by atoms with E-state index in [1.165, 1.54) is 0 Å². The Labute approximate surface area is 183 Å². The van der Waals surface area contributed by atoms with E-state index >= 15 is 0 Å². The number of nitrogen functional groups attached to an aromatic ring is 1. The lowest BCUT2D eigenvalue weighted by Gasteiger charge is -2.15.